The molecule has 2 rings (SSSR count). The van der Waals surface area contributed by atoms with Crippen molar-refractivity contribution >= 4 is 11.8 Å². The average molecular weight is 256 g/mol. The highest BCUT2D eigenvalue weighted by atomic mass is 32.2. The maximum atomic E-state index is 5.92. The van der Waals surface area contributed by atoms with Gasteiger partial charge in [-0.05, 0) is 43.8 Å². The quantitative estimate of drug-likeness (QED) is 0.598. The largest absolute Gasteiger partial charge is 0.271 e. The molecular formula is C14H28N2S. The lowest BCUT2D eigenvalue weighted by Crippen LogP contribution is -2.55. The van der Waals surface area contributed by atoms with Crippen molar-refractivity contribution in [2.75, 3.05) is 5.75 Å². The van der Waals surface area contributed by atoms with Crippen molar-refractivity contribution in [2.24, 2.45) is 17.7 Å². The van der Waals surface area contributed by atoms with E-state index in [0.29, 0.717) is 10.8 Å². The van der Waals surface area contributed by atoms with Crippen molar-refractivity contribution < 1.29 is 0 Å². The van der Waals surface area contributed by atoms with E-state index in [9.17, 15) is 0 Å². The lowest BCUT2D eigenvalue weighted by molar-refractivity contribution is 0.152. The molecule has 1 heterocycles. The lowest BCUT2D eigenvalue weighted by atomic mass is 9.70. The number of thioether (sulfide) groups is 1. The first-order valence-corrected chi connectivity index (χ1v) is 8.30. The van der Waals surface area contributed by atoms with Crippen LogP contribution in [-0.2, 0) is 0 Å². The normalized spacial score (nSPS) is 40.4. The zero-order valence-electron chi connectivity index (χ0n) is 11.4. The monoisotopic (exact) mass is 256 g/mol. The van der Waals surface area contributed by atoms with Crippen LogP contribution in [-0.4, -0.2) is 16.5 Å². The predicted molar refractivity (Wildman–Crippen MR) is 76.9 cm³/mol. The van der Waals surface area contributed by atoms with Gasteiger partial charge >= 0.3 is 0 Å². The summed E-state index contributed by atoms with van der Waals surface area (Å²) in [7, 11) is 0. The second-order valence-electron chi connectivity index (χ2n) is 6.03. The molecule has 0 bridgehead atoms. The van der Waals surface area contributed by atoms with E-state index in [-0.39, 0.29) is 0 Å². The zero-order valence-corrected chi connectivity index (χ0v) is 12.2. The Kier molecular flexibility index (Phi) is 4.79. The van der Waals surface area contributed by atoms with Gasteiger partial charge in [0, 0.05) is 10.8 Å². The Morgan fingerprint density at radius 1 is 1.35 bits per heavy atom. The molecule has 1 aliphatic carbocycles. The van der Waals surface area contributed by atoms with Gasteiger partial charge in [-0.1, -0.05) is 32.6 Å². The Morgan fingerprint density at radius 3 is 2.71 bits per heavy atom. The smallest absolute Gasteiger partial charge is 0.0385 e. The van der Waals surface area contributed by atoms with Crippen LogP contribution in [0.4, 0.5) is 0 Å². The molecule has 2 nitrogen and oxygen atoms in total. The molecule has 2 fully saturated rings. The van der Waals surface area contributed by atoms with E-state index in [0.717, 1.165) is 11.8 Å². The minimum atomic E-state index is 0.379. The fourth-order valence-electron chi connectivity index (χ4n) is 3.98. The van der Waals surface area contributed by atoms with Crippen molar-refractivity contribution in [3.05, 3.63) is 0 Å². The summed E-state index contributed by atoms with van der Waals surface area (Å²) in [5.74, 6) is 8.93. The van der Waals surface area contributed by atoms with Crippen LogP contribution in [0.25, 0.3) is 0 Å². The Hall–Kier alpha value is 0.270. The molecule has 0 aromatic rings. The minimum absolute atomic E-state index is 0.379. The summed E-state index contributed by atoms with van der Waals surface area (Å²) in [6.45, 7) is 4.78. The molecule has 3 heteroatoms. The van der Waals surface area contributed by atoms with E-state index < -0.39 is 0 Å². The van der Waals surface area contributed by atoms with Crippen molar-refractivity contribution in [2.45, 2.75) is 69.6 Å². The fourth-order valence-corrected chi connectivity index (χ4v) is 5.45. The third kappa shape index (κ3) is 2.82. The SMILES string of the molecule is CCC1CCCCC1C(NN)C1(C)CCCS1. The highest BCUT2D eigenvalue weighted by Crippen LogP contribution is 2.46. The number of nitrogens with one attached hydrogen (secondary N) is 1. The first kappa shape index (κ1) is 13.7. The van der Waals surface area contributed by atoms with Crippen LogP contribution < -0.4 is 11.3 Å². The van der Waals surface area contributed by atoms with Crippen LogP contribution in [0, 0.1) is 11.8 Å². The summed E-state index contributed by atoms with van der Waals surface area (Å²) >= 11 is 2.14. The Balaban J connectivity index is 2.10. The van der Waals surface area contributed by atoms with Gasteiger partial charge in [0.1, 0.15) is 0 Å². The van der Waals surface area contributed by atoms with Gasteiger partial charge in [0.05, 0.1) is 0 Å². The summed E-state index contributed by atoms with van der Waals surface area (Å²) in [6.07, 6.45) is 9.64. The van der Waals surface area contributed by atoms with Crippen molar-refractivity contribution in [3.63, 3.8) is 0 Å². The first-order valence-electron chi connectivity index (χ1n) is 7.31. The van der Waals surface area contributed by atoms with Crippen LogP contribution in [0.2, 0.25) is 0 Å². The summed E-state index contributed by atoms with van der Waals surface area (Å²) < 4.78 is 0.379. The molecule has 1 aliphatic heterocycles. The molecule has 0 spiro atoms. The second kappa shape index (κ2) is 5.94. The van der Waals surface area contributed by atoms with E-state index in [1.165, 1.54) is 50.7 Å². The van der Waals surface area contributed by atoms with Gasteiger partial charge in [-0.3, -0.25) is 11.3 Å². The Bertz CT molecular complexity index is 238. The molecule has 1 saturated carbocycles. The van der Waals surface area contributed by atoms with Crippen molar-refractivity contribution in [1.82, 2.24) is 5.43 Å². The molecule has 0 amide bonds. The number of hydrogen-bond acceptors (Lipinski definition) is 3. The summed E-state index contributed by atoms with van der Waals surface area (Å²) in [4.78, 5) is 0. The molecule has 4 unspecified atom stereocenters. The van der Waals surface area contributed by atoms with E-state index in [1.54, 1.807) is 0 Å². The van der Waals surface area contributed by atoms with Crippen molar-refractivity contribution in [3.8, 4) is 0 Å². The van der Waals surface area contributed by atoms with Crippen molar-refractivity contribution in [1.29, 1.82) is 0 Å². The van der Waals surface area contributed by atoms with Gasteiger partial charge in [0.15, 0.2) is 0 Å². The van der Waals surface area contributed by atoms with Gasteiger partial charge in [0.2, 0.25) is 0 Å². The van der Waals surface area contributed by atoms with E-state index in [1.807, 2.05) is 0 Å². The summed E-state index contributed by atoms with van der Waals surface area (Å²) in [6, 6.07) is 0.514. The van der Waals surface area contributed by atoms with Gasteiger partial charge < -0.3 is 0 Å². The van der Waals surface area contributed by atoms with Gasteiger partial charge in [-0.25, -0.2) is 0 Å². The fraction of sp³-hybridized carbons (Fsp3) is 1.00. The zero-order chi connectivity index (χ0) is 12.3. The highest BCUT2D eigenvalue weighted by molar-refractivity contribution is 8.00. The first-order chi connectivity index (χ1) is 8.21. The topological polar surface area (TPSA) is 38.0 Å². The molecule has 0 radical (unpaired) electrons. The van der Waals surface area contributed by atoms with Gasteiger partial charge in [-0.15, -0.1) is 0 Å². The van der Waals surface area contributed by atoms with Crippen LogP contribution in [0.15, 0.2) is 0 Å². The Morgan fingerprint density at radius 2 is 2.12 bits per heavy atom. The molecular weight excluding hydrogens is 228 g/mol. The summed E-state index contributed by atoms with van der Waals surface area (Å²) in [5.41, 5.74) is 3.20. The number of hydrogen-bond donors (Lipinski definition) is 2. The van der Waals surface area contributed by atoms with Crippen LogP contribution >= 0.6 is 11.8 Å². The highest BCUT2D eigenvalue weighted by Gasteiger charge is 2.43. The predicted octanol–water partition coefficient (Wildman–Crippen LogP) is 3.32. The number of rotatable bonds is 4. The second-order valence-corrected chi connectivity index (χ2v) is 7.66. The third-order valence-corrected chi connectivity index (χ3v) is 6.62. The van der Waals surface area contributed by atoms with Gasteiger partial charge in [0.25, 0.3) is 0 Å². The molecule has 0 aromatic heterocycles. The molecule has 100 valence electrons. The van der Waals surface area contributed by atoms with E-state index in [2.05, 4.69) is 31.0 Å². The minimum Gasteiger partial charge on any atom is -0.271 e. The van der Waals surface area contributed by atoms with Crippen LogP contribution in [0.3, 0.4) is 0 Å². The molecule has 17 heavy (non-hydrogen) atoms. The standard InChI is InChI=1S/C14H28N2S/c1-3-11-7-4-5-8-12(11)13(16-15)14(2)9-6-10-17-14/h11-13,16H,3-10,15H2,1-2H3. The number of nitrogens with two attached hydrogens (primary N) is 1. The van der Waals surface area contributed by atoms with Gasteiger partial charge in [-0.2, -0.15) is 11.8 Å². The maximum Gasteiger partial charge on any atom is 0.0385 e. The molecule has 1 saturated heterocycles. The molecule has 4 atom stereocenters. The summed E-state index contributed by atoms with van der Waals surface area (Å²) in [5, 5.41) is 0. The molecule has 0 aromatic carbocycles. The average Bonchev–Trinajstić information content (AvgIpc) is 2.78. The lowest BCUT2D eigenvalue weighted by Gasteiger charge is -2.44. The number of hydrazine groups is 1. The van der Waals surface area contributed by atoms with E-state index in [4.69, 9.17) is 5.84 Å². The van der Waals surface area contributed by atoms with E-state index >= 15 is 0 Å². The maximum absolute atomic E-state index is 5.92. The van der Waals surface area contributed by atoms with Crippen LogP contribution in [0.5, 0.6) is 0 Å². The molecule has 3 N–H and O–H groups in total. The van der Waals surface area contributed by atoms with Crippen LogP contribution in [0.1, 0.15) is 58.8 Å². The molecule has 2 aliphatic rings. The Labute approximate surface area is 110 Å². The third-order valence-electron chi connectivity index (χ3n) is 5.01.